The van der Waals surface area contributed by atoms with Gasteiger partial charge in [-0.1, -0.05) is 14.7 Å². The molecule has 1 rings (SSSR count). The van der Waals surface area contributed by atoms with E-state index in [2.05, 4.69) is 0 Å². The largest absolute Gasteiger partial charge is 0.283 e. The van der Waals surface area contributed by atoms with Gasteiger partial charge in [0.1, 0.15) is 0 Å². The summed E-state index contributed by atoms with van der Waals surface area (Å²) in [5.41, 5.74) is 0. The average molecular weight is 174 g/mol. The van der Waals surface area contributed by atoms with Crippen LogP contribution in [-0.4, -0.2) is 57.0 Å². The van der Waals surface area contributed by atoms with E-state index in [4.69, 9.17) is 0 Å². The van der Waals surface area contributed by atoms with Crippen LogP contribution in [0.5, 0.6) is 0 Å². The van der Waals surface area contributed by atoms with Crippen LogP contribution in [0.3, 0.4) is 0 Å². The molecule has 0 N–H and O–H groups in total. The van der Waals surface area contributed by atoms with Crippen molar-refractivity contribution in [2.45, 2.75) is 0 Å². The SMILES string of the molecule is CN(C)n1n(N(C)C)n1N(C)C. The third-order valence-electron chi connectivity index (χ3n) is 1.52. The minimum absolute atomic E-state index is 2.00. The molecular formula is C6H18N6. The van der Waals surface area contributed by atoms with Crippen molar-refractivity contribution in [1.29, 1.82) is 0 Å². The molecule has 0 fully saturated rings. The summed E-state index contributed by atoms with van der Waals surface area (Å²) in [6, 6.07) is 0. The van der Waals surface area contributed by atoms with Crippen LogP contribution in [0.1, 0.15) is 0 Å². The van der Waals surface area contributed by atoms with Crippen molar-refractivity contribution < 1.29 is 0 Å². The van der Waals surface area contributed by atoms with E-state index in [9.17, 15) is 0 Å². The normalized spacial score (nSPS) is 10.5. The molecule has 72 valence electrons. The summed E-state index contributed by atoms with van der Waals surface area (Å²) in [6.45, 7) is 0. The Labute approximate surface area is 73.0 Å². The van der Waals surface area contributed by atoms with Gasteiger partial charge in [-0.3, -0.25) is 15.0 Å². The summed E-state index contributed by atoms with van der Waals surface area (Å²) in [6.07, 6.45) is 0. The molecule has 0 aromatic carbocycles. The van der Waals surface area contributed by atoms with E-state index in [1.807, 2.05) is 72.0 Å². The summed E-state index contributed by atoms with van der Waals surface area (Å²) in [5.74, 6) is 0. The van der Waals surface area contributed by atoms with E-state index in [1.165, 1.54) is 0 Å². The number of hydrogen-bond acceptors (Lipinski definition) is 3. The molecule has 0 atom stereocenters. The predicted octanol–water partition coefficient (Wildman–Crippen LogP) is -1.32. The third-order valence-corrected chi connectivity index (χ3v) is 1.52. The highest BCUT2D eigenvalue weighted by Gasteiger charge is 2.22. The van der Waals surface area contributed by atoms with E-state index in [0.717, 1.165) is 0 Å². The standard InChI is InChI=1S/C6H18N6/c1-7(2)10-11(8(3)4)12(10)9(5)6/h1-6H3. The molecule has 0 unspecified atom stereocenters. The highest BCUT2D eigenvalue weighted by Crippen LogP contribution is 1.98. The van der Waals surface area contributed by atoms with E-state index < -0.39 is 0 Å². The molecule has 1 heterocycles. The maximum Gasteiger partial charge on any atom is 0.0262 e. The summed E-state index contributed by atoms with van der Waals surface area (Å²) in [7, 11) is 12.0. The molecular weight excluding hydrogens is 156 g/mol. The van der Waals surface area contributed by atoms with Gasteiger partial charge in [0.25, 0.3) is 0 Å². The lowest BCUT2D eigenvalue weighted by Gasteiger charge is -2.07. The van der Waals surface area contributed by atoms with Crippen molar-refractivity contribution in [1.82, 2.24) is 14.7 Å². The number of rotatable bonds is 3. The first-order chi connectivity index (χ1) is 5.46. The smallest absolute Gasteiger partial charge is 0.0262 e. The van der Waals surface area contributed by atoms with Crippen LogP contribution in [0.4, 0.5) is 0 Å². The van der Waals surface area contributed by atoms with Gasteiger partial charge in [-0.25, -0.2) is 0 Å². The molecule has 12 heavy (non-hydrogen) atoms. The molecule has 0 aliphatic heterocycles. The van der Waals surface area contributed by atoms with Crippen molar-refractivity contribution >= 4 is 0 Å². The molecule has 0 aliphatic carbocycles. The van der Waals surface area contributed by atoms with Gasteiger partial charge in [-0.15, -0.1) is 0 Å². The summed E-state index contributed by atoms with van der Waals surface area (Å²) >= 11 is 0. The molecule has 0 saturated heterocycles. The number of aromatic nitrogens is 3. The van der Waals surface area contributed by atoms with Gasteiger partial charge in [0, 0.05) is 42.3 Å². The Hall–Kier alpha value is -1.20. The zero-order chi connectivity index (χ0) is 9.46. The molecule has 1 aromatic heterocycles. The molecule has 0 saturated carbocycles. The average Bonchev–Trinajstić information content (AvgIpc) is 2.58. The van der Waals surface area contributed by atoms with Crippen molar-refractivity contribution in [2.24, 2.45) is 0 Å². The van der Waals surface area contributed by atoms with E-state index in [-0.39, 0.29) is 0 Å². The van der Waals surface area contributed by atoms with Crippen LogP contribution in [0.2, 0.25) is 0 Å². The molecule has 1 aromatic rings. The molecule has 0 aliphatic rings. The Morgan fingerprint density at radius 3 is 0.750 bits per heavy atom. The summed E-state index contributed by atoms with van der Waals surface area (Å²) in [4.78, 5) is 6.00. The number of nitrogens with zero attached hydrogens (tertiary/aromatic N) is 6. The monoisotopic (exact) mass is 174 g/mol. The van der Waals surface area contributed by atoms with Crippen LogP contribution >= 0.6 is 0 Å². The quantitative estimate of drug-likeness (QED) is 0.568. The van der Waals surface area contributed by atoms with Crippen molar-refractivity contribution in [2.75, 3.05) is 57.3 Å². The third kappa shape index (κ3) is 1.24. The van der Waals surface area contributed by atoms with Gasteiger partial charge in [-0.2, -0.15) is 0 Å². The van der Waals surface area contributed by atoms with Gasteiger partial charge in [0.2, 0.25) is 0 Å². The van der Waals surface area contributed by atoms with Crippen molar-refractivity contribution in [3.63, 3.8) is 0 Å². The Balaban J connectivity index is 2.83. The fraction of sp³-hybridized carbons (Fsp3) is 1.00. The Morgan fingerprint density at radius 1 is 0.500 bits per heavy atom. The zero-order valence-corrected chi connectivity index (χ0v) is 8.68. The fourth-order valence-corrected chi connectivity index (χ4v) is 1.07. The van der Waals surface area contributed by atoms with Crippen molar-refractivity contribution in [3.8, 4) is 0 Å². The predicted molar refractivity (Wildman–Crippen MR) is 50.6 cm³/mol. The maximum absolute atomic E-state index is 2.00. The lowest BCUT2D eigenvalue weighted by molar-refractivity contribution is 0.607. The zero-order valence-electron chi connectivity index (χ0n) is 8.68. The minimum atomic E-state index is 2.00. The Bertz CT molecular complexity index is 187. The molecule has 0 bridgehead atoms. The van der Waals surface area contributed by atoms with Gasteiger partial charge in [0.15, 0.2) is 0 Å². The second-order valence-corrected chi connectivity index (χ2v) is 3.35. The first-order valence-corrected chi connectivity index (χ1v) is 3.88. The molecule has 0 amide bonds. The van der Waals surface area contributed by atoms with Gasteiger partial charge in [0.05, 0.1) is 0 Å². The molecule has 6 heteroatoms. The van der Waals surface area contributed by atoms with Crippen molar-refractivity contribution in [3.05, 3.63) is 0 Å². The maximum atomic E-state index is 2.00. The van der Waals surface area contributed by atoms with Crippen LogP contribution in [0.15, 0.2) is 0 Å². The first kappa shape index (κ1) is 8.89. The molecule has 0 radical (unpaired) electrons. The second kappa shape index (κ2) is 2.69. The van der Waals surface area contributed by atoms with Crippen LogP contribution in [0, 0.1) is 0 Å². The summed E-state index contributed by atoms with van der Waals surface area (Å²) in [5, 5.41) is 6.00. The van der Waals surface area contributed by atoms with Gasteiger partial charge in [-0.05, 0) is 0 Å². The van der Waals surface area contributed by atoms with E-state index in [1.54, 1.807) is 0 Å². The fourth-order valence-electron chi connectivity index (χ4n) is 1.07. The number of hydrogen-bond donors (Lipinski definition) is 0. The van der Waals surface area contributed by atoms with E-state index >= 15 is 0 Å². The highest BCUT2D eigenvalue weighted by atomic mass is 16.2. The van der Waals surface area contributed by atoms with Crippen LogP contribution in [-0.2, 0) is 0 Å². The van der Waals surface area contributed by atoms with E-state index in [0.29, 0.717) is 0 Å². The summed E-state index contributed by atoms with van der Waals surface area (Å²) < 4.78 is 0. The Kier molecular flexibility index (Phi) is 1.99. The van der Waals surface area contributed by atoms with Crippen LogP contribution in [0.25, 0.3) is 0 Å². The van der Waals surface area contributed by atoms with Gasteiger partial charge >= 0.3 is 0 Å². The molecule has 0 spiro atoms. The topological polar surface area (TPSA) is 24.5 Å². The minimum Gasteiger partial charge on any atom is -0.283 e. The Morgan fingerprint density at radius 2 is 0.667 bits per heavy atom. The van der Waals surface area contributed by atoms with Crippen LogP contribution < -0.4 is 15.0 Å². The lowest BCUT2D eigenvalue weighted by Crippen LogP contribution is -2.28. The second-order valence-electron chi connectivity index (χ2n) is 3.35. The lowest BCUT2D eigenvalue weighted by atomic mass is 11.2. The molecule has 6 nitrogen and oxygen atoms in total. The first-order valence-electron chi connectivity index (χ1n) is 3.88. The van der Waals surface area contributed by atoms with Gasteiger partial charge < -0.3 is 0 Å². The highest BCUT2D eigenvalue weighted by molar-refractivity contribution is 4.82.